The first-order valence-corrected chi connectivity index (χ1v) is 10.7. The molecule has 0 fully saturated rings. The fourth-order valence-electron chi connectivity index (χ4n) is 3.01. The number of nitrogens with one attached hydrogen (secondary N) is 2. The van der Waals surface area contributed by atoms with Gasteiger partial charge in [-0.25, -0.2) is 4.98 Å². The van der Waals surface area contributed by atoms with Gasteiger partial charge in [0.1, 0.15) is 0 Å². The molecule has 0 saturated carbocycles. The van der Waals surface area contributed by atoms with E-state index in [0.717, 1.165) is 27.0 Å². The first kappa shape index (κ1) is 21.3. The van der Waals surface area contributed by atoms with Gasteiger partial charge < -0.3 is 14.8 Å². The standard InChI is InChI=1S/C24H22N4O3S/c1-16-7-3-4-8-18(16)26-23(29)15-31-20-12-11-17(13-21(20)30-2)14-25-28-24-27-19-9-5-6-10-22(19)32-24/h3-14H,15H2,1-2H3,(H,26,29)(H,27,28)/b25-14+. The average Bonchev–Trinajstić information content (AvgIpc) is 3.22. The van der Waals surface area contributed by atoms with Crippen LogP contribution < -0.4 is 20.2 Å². The molecule has 4 rings (SSSR count). The normalized spacial score (nSPS) is 10.9. The Bertz CT molecular complexity index is 1240. The fourth-order valence-corrected chi connectivity index (χ4v) is 3.82. The summed E-state index contributed by atoms with van der Waals surface area (Å²) in [5.41, 5.74) is 6.45. The van der Waals surface area contributed by atoms with E-state index in [4.69, 9.17) is 9.47 Å². The van der Waals surface area contributed by atoms with Crippen LogP contribution in [-0.4, -0.2) is 30.8 Å². The minimum Gasteiger partial charge on any atom is -0.493 e. The number of aryl methyl sites for hydroxylation is 1. The van der Waals surface area contributed by atoms with E-state index in [1.54, 1.807) is 25.5 Å². The second-order valence-electron chi connectivity index (χ2n) is 6.92. The van der Waals surface area contributed by atoms with Gasteiger partial charge in [-0.3, -0.25) is 10.2 Å². The third-order valence-electron chi connectivity index (χ3n) is 4.63. The van der Waals surface area contributed by atoms with Crippen LogP contribution in [0.2, 0.25) is 0 Å². The molecule has 4 aromatic rings. The van der Waals surface area contributed by atoms with Gasteiger partial charge in [-0.05, 0) is 54.4 Å². The number of amides is 1. The van der Waals surface area contributed by atoms with Crippen molar-refractivity contribution in [2.75, 3.05) is 24.5 Å². The summed E-state index contributed by atoms with van der Waals surface area (Å²) in [6.07, 6.45) is 1.67. The Morgan fingerprint density at radius 3 is 2.72 bits per heavy atom. The van der Waals surface area contributed by atoms with Crippen LogP contribution in [0, 0.1) is 6.92 Å². The fraction of sp³-hybridized carbons (Fsp3) is 0.125. The quantitative estimate of drug-likeness (QED) is 0.291. The molecule has 0 unspecified atom stereocenters. The van der Waals surface area contributed by atoms with Crippen LogP contribution in [-0.2, 0) is 4.79 Å². The van der Waals surface area contributed by atoms with Gasteiger partial charge >= 0.3 is 0 Å². The Labute approximate surface area is 189 Å². The zero-order chi connectivity index (χ0) is 22.3. The number of rotatable bonds is 8. The number of thiazole rings is 1. The van der Waals surface area contributed by atoms with Gasteiger partial charge in [0.05, 0.1) is 23.5 Å². The molecule has 0 saturated heterocycles. The molecule has 0 atom stereocenters. The molecule has 0 aliphatic carbocycles. The Balaban J connectivity index is 1.36. The van der Waals surface area contributed by atoms with Crippen molar-refractivity contribution in [3.63, 3.8) is 0 Å². The Morgan fingerprint density at radius 2 is 1.91 bits per heavy atom. The Morgan fingerprint density at radius 1 is 1.09 bits per heavy atom. The van der Waals surface area contributed by atoms with Crippen molar-refractivity contribution in [1.82, 2.24) is 4.98 Å². The smallest absolute Gasteiger partial charge is 0.262 e. The highest BCUT2D eigenvalue weighted by molar-refractivity contribution is 7.22. The minimum atomic E-state index is -0.243. The lowest BCUT2D eigenvalue weighted by Gasteiger charge is -2.12. The van der Waals surface area contributed by atoms with Crippen LogP contribution in [0.1, 0.15) is 11.1 Å². The number of nitrogens with zero attached hydrogens (tertiary/aromatic N) is 2. The molecule has 8 heteroatoms. The number of fused-ring (bicyclic) bond motifs is 1. The van der Waals surface area contributed by atoms with E-state index in [1.165, 1.54) is 11.3 Å². The summed E-state index contributed by atoms with van der Waals surface area (Å²) in [5.74, 6) is 0.744. The monoisotopic (exact) mass is 446 g/mol. The van der Waals surface area contributed by atoms with Crippen LogP contribution in [0.3, 0.4) is 0 Å². The molecule has 1 aromatic heterocycles. The molecule has 0 bridgehead atoms. The molecular formula is C24H22N4O3S. The van der Waals surface area contributed by atoms with Gasteiger partial charge in [-0.1, -0.05) is 41.7 Å². The van der Waals surface area contributed by atoms with Gasteiger partial charge in [0.25, 0.3) is 5.91 Å². The van der Waals surface area contributed by atoms with Crippen LogP contribution in [0.4, 0.5) is 10.8 Å². The molecule has 0 aliphatic rings. The second-order valence-corrected chi connectivity index (χ2v) is 7.95. The van der Waals surface area contributed by atoms with Gasteiger partial charge in [0, 0.05) is 5.69 Å². The lowest BCUT2D eigenvalue weighted by atomic mass is 10.2. The number of anilines is 2. The third kappa shape index (κ3) is 5.22. The van der Waals surface area contributed by atoms with Crippen molar-refractivity contribution in [2.24, 2.45) is 5.10 Å². The maximum Gasteiger partial charge on any atom is 0.262 e. The number of benzene rings is 3. The predicted octanol–water partition coefficient (Wildman–Crippen LogP) is 5.08. The molecule has 3 aromatic carbocycles. The topological polar surface area (TPSA) is 84.8 Å². The third-order valence-corrected chi connectivity index (χ3v) is 5.57. The van der Waals surface area contributed by atoms with Gasteiger partial charge in [0.2, 0.25) is 5.13 Å². The van der Waals surface area contributed by atoms with Gasteiger partial charge in [0.15, 0.2) is 18.1 Å². The highest BCUT2D eigenvalue weighted by Crippen LogP contribution is 2.28. The molecule has 1 amide bonds. The summed E-state index contributed by atoms with van der Waals surface area (Å²) < 4.78 is 12.2. The number of carbonyl (C=O) groups is 1. The van der Waals surface area contributed by atoms with Crippen molar-refractivity contribution >= 4 is 44.5 Å². The lowest BCUT2D eigenvalue weighted by molar-refractivity contribution is -0.118. The maximum atomic E-state index is 12.2. The summed E-state index contributed by atoms with van der Waals surface area (Å²) >= 11 is 1.53. The summed E-state index contributed by atoms with van der Waals surface area (Å²) in [6.45, 7) is 1.81. The molecule has 0 spiro atoms. The molecule has 0 radical (unpaired) electrons. The van der Waals surface area contributed by atoms with Crippen LogP contribution >= 0.6 is 11.3 Å². The van der Waals surface area contributed by atoms with Crippen LogP contribution in [0.25, 0.3) is 10.2 Å². The van der Waals surface area contributed by atoms with Crippen molar-refractivity contribution in [3.05, 3.63) is 77.9 Å². The molecular weight excluding hydrogens is 424 g/mol. The summed E-state index contributed by atoms with van der Waals surface area (Å²) in [5, 5.41) is 7.81. The first-order chi connectivity index (χ1) is 15.6. The Hall–Kier alpha value is -3.91. The highest BCUT2D eigenvalue weighted by atomic mass is 32.1. The highest BCUT2D eigenvalue weighted by Gasteiger charge is 2.10. The molecule has 32 heavy (non-hydrogen) atoms. The molecule has 1 heterocycles. The van der Waals surface area contributed by atoms with Gasteiger partial charge in [-0.2, -0.15) is 5.10 Å². The van der Waals surface area contributed by atoms with Crippen LogP contribution in [0.5, 0.6) is 11.5 Å². The Kier molecular flexibility index (Phi) is 6.62. The zero-order valence-electron chi connectivity index (χ0n) is 17.7. The van der Waals surface area contributed by atoms with E-state index in [-0.39, 0.29) is 12.5 Å². The van der Waals surface area contributed by atoms with E-state index < -0.39 is 0 Å². The SMILES string of the molecule is COc1cc(/C=N/Nc2nc3ccccc3s2)ccc1OCC(=O)Nc1ccccc1C. The molecule has 2 N–H and O–H groups in total. The maximum absolute atomic E-state index is 12.2. The van der Waals surface area contributed by atoms with Crippen molar-refractivity contribution in [2.45, 2.75) is 6.92 Å². The van der Waals surface area contributed by atoms with E-state index in [9.17, 15) is 4.79 Å². The summed E-state index contributed by atoms with van der Waals surface area (Å²) in [4.78, 5) is 16.7. The van der Waals surface area contributed by atoms with Crippen molar-refractivity contribution < 1.29 is 14.3 Å². The number of hydrazone groups is 1. The largest absolute Gasteiger partial charge is 0.493 e. The van der Waals surface area contributed by atoms with E-state index in [0.29, 0.717) is 16.6 Å². The number of hydrogen-bond acceptors (Lipinski definition) is 7. The second kappa shape index (κ2) is 9.93. The molecule has 0 aliphatic heterocycles. The first-order valence-electron chi connectivity index (χ1n) is 9.93. The molecule has 7 nitrogen and oxygen atoms in total. The van der Waals surface area contributed by atoms with Crippen molar-refractivity contribution in [3.8, 4) is 11.5 Å². The van der Waals surface area contributed by atoms with Crippen LogP contribution in [0.15, 0.2) is 71.8 Å². The number of hydrogen-bond donors (Lipinski definition) is 2. The van der Waals surface area contributed by atoms with E-state index in [1.807, 2.05) is 61.5 Å². The summed E-state index contributed by atoms with van der Waals surface area (Å²) in [6, 6.07) is 20.9. The predicted molar refractivity (Wildman–Crippen MR) is 129 cm³/mol. The van der Waals surface area contributed by atoms with E-state index >= 15 is 0 Å². The summed E-state index contributed by atoms with van der Waals surface area (Å²) in [7, 11) is 1.55. The minimum absolute atomic E-state index is 0.128. The number of para-hydroxylation sites is 2. The number of carbonyl (C=O) groups excluding carboxylic acids is 1. The molecule has 162 valence electrons. The number of methoxy groups -OCH3 is 1. The van der Waals surface area contributed by atoms with Crippen molar-refractivity contribution in [1.29, 1.82) is 0 Å². The average molecular weight is 447 g/mol. The number of aromatic nitrogens is 1. The lowest BCUT2D eigenvalue weighted by Crippen LogP contribution is -2.20. The van der Waals surface area contributed by atoms with E-state index in [2.05, 4.69) is 20.8 Å². The zero-order valence-corrected chi connectivity index (χ0v) is 18.5. The number of ether oxygens (including phenoxy) is 2. The van der Waals surface area contributed by atoms with Gasteiger partial charge in [-0.15, -0.1) is 0 Å².